The zero-order valence-corrected chi connectivity index (χ0v) is 25.4. The Morgan fingerprint density at radius 1 is 1.00 bits per heavy atom. The molecule has 0 radical (unpaired) electrons. The lowest BCUT2D eigenvalue weighted by molar-refractivity contribution is -0.141. The standard InChI is InChI=1S/C19H19N7O6.C9H17NO5/c20-19-25-15-14(17(30)26-19)23-11(8-22-15)7-21-10-3-1-9(2-4-10)16(29)24-12(18(31)32)5-6-13(27)28;1-9(2,5-11)7(14)8(15)10-4-3-6(12)13/h1-4,8,12,21H,5-7H2,(H,24,29)(H,27,28)(H,31,32)(H3,20,22,25,26,30);7,11,14H,3-5H2,1-2H3,(H,10,15)(H,12,13)/t12-;7-/m00/s1. The van der Waals surface area contributed by atoms with Crippen molar-refractivity contribution in [2.75, 3.05) is 24.2 Å². The SMILES string of the molecule is CC(C)(CO)[C@@H](O)C(=O)NCCC(=O)O.Nc1nc(=O)c2nc(CNc3ccc(C(=O)N[C@@H](CCC(=O)O)C(=O)O)cc3)cnc2[nH]1. The van der Waals surface area contributed by atoms with E-state index in [1.165, 1.54) is 32.2 Å². The number of amides is 2. The summed E-state index contributed by atoms with van der Waals surface area (Å²) in [6, 6.07) is 4.86. The Kier molecular flexibility index (Phi) is 13.7. The summed E-state index contributed by atoms with van der Waals surface area (Å²) in [5.41, 5.74) is 5.53. The summed E-state index contributed by atoms with van der Waals surface area (Å²) >= 11 is 0. The Bertz CT molecular complexity index is 1640. The van der Waals surface area contributed by atoms with Crippen LogP contribution in [-0.4, -0.2) is 100 Å². The van der Waals surface area contributed by atoms with Crippen molar-refractivity contribution in [3.8, 4) is 0 Å². The summed E-state index contributed by atoms with van der Waals surface area (Å²) in [6.45, 7) is 2.94. The summed E-state index contributed by atoms with van der Waals surface area (Å²) in [5.74, 6) is -4.85. The summed E-state index contributed by atoms with van der Waals surface area (Å²) in [4.78, 5) is 82.0. The minimum atomic E-state index is -1.35. The second kappa shape index (κ2) is 17.1. The molecule has 2 aromatic heterocycles. The van der Waals surface area contributed by atoms with Crippen LogP contribution in [0.15, 0.2) is 35.3 Å². The highest BCUT2D eigenvalue weighted by Gasteiger charge is 2.32. The molecule has 0 bridgehead atoms. The van der Waals surface area contributed by atoms with E-state index in [1.807, 2.05) is 0 Å². The van der Waals surface area contributed by atoms with Crippen LogP contribution in [0.5, 0.6) is 0 Å². The van der Waals surface area contributed by atoms with Gasteiger partial charge in [-0.15, -0.1) is 0 Å². The number of hydrogen-bond acceptors (Lipinski definition) is 13. The van der Waals surface area contributed by atoms with Gasteiger partial charge in [-0.2, -0.15) is 4.98 Å². The van der Waals surface area contributed by atoms with Gasteiger partial charge in [0.15, 0.2) is 11.2 Å². The average Bonchev–Trinajstić information content (AvgIpc) is 3.01. The van der Waals surface area contributed by atoms with Crippen molar-refractivity contribution >= 4 is 52.5 Å². The Labute approximate surface area is 266 Å². The highest BCUT2D eigenvalue weighted by Crippen LogP contribution is 2.19. The number of aliphatic carboxylic acids is 3. The van der Waals surface area contributed by atoms with Gasteiger partial charge in [0.25, 0.3) is 5.91 Å². The average molecular weight is 661 g/mol. The lowest BCUT2D eigenvalue weighted by Crippen LogP contribution is -2.45. The van der Waals surface area contributed by atoms with Gasteiger partial charge in [0.2, 0.25) is 11.9 Å². The molecule has 2 amide bonds. The van der Waals surface area contributed by atoms with Crippen LogP contribution in [-0.2, 0) is 25.7 Å². The molecule has 0 spiro atoms. The predicted molar refractivity (Wildman–Crippen MR) is 164 cm³/mol. The molecule has 0 aliphatic rings. The van der Waals surface area contributed by atoms with E-state index in [0.717, 1.165) is 0 Å². The fraction of sp³-hybridized carbons (Fsp3) is 0.393. The minimum absolute atomic E-state index is 0.0350. The molecule has 0 aliphatic carbocycles. The number of benzene rings is 1. The number of rotatable bonds is 15. The minimum Gasteiger partial charge on any atom is -0.481 e. The number of fused-ring (bicyclic) bond motifs is 1. The van der Waals surface area contributed by atoms with Gasteiger partial charge in [-0.25, -0.2) is 14.8 Å². The quantitative estimate of drug-likeness (QED) is 0.0925. The van der Waals surface area contributed by atoms with E-state index in [4.69, 9.17) is 26.2 Å². The van der Waals surface area contributed by atoms with Crippen LogP contribution in [0.25, 0.3) is 11.2 Å². The van der Waals surface area contributed by atoms with Crippen molar-refractivity contribution in [1.82, 2.24) is 30.6 Å². The van der Waals surface area contributed by atoms with Gasteiger partial charge >= 0.3 is 23.5 Å². The number of aromatic nitrogens is 4. The number of nitrogen functional groups attached to an aromatic ring is 1. The highest BCUT2D eigenvalue weighted by atomic mass is 16.4. The van der Waals surface area contributed by atoms with Gasteiger partial charge in [0.05, 0.1) is 31.5 Å². The van der Waals surface area contributed by atoms with Gasteiger partial charge < -0.3 is 52.2 Å². The number of anilines is 2. The molecule has 3 aromatic rings. The normalized spacial score (nSPS) is 12.2. The third-order valence-corrected chi connectivity index (χ3v) is 6.40. The lowest BCUT2D eigenvalue weighted by Gasteiger charge is -2.26. The number of aliphatic hydroxyl groups excluding tert-OH is 2. The van der Waals surface area contributed by atoms with Crippen LogP contribution >= 0.6 is 0 Å². The van der Waals surface area contributed by atoms with E-state index in [0.29, 0.717) is 11.4 Å². The van der Waals surface area contributed by atoms with Crippen molar-refractivity contribution in [3.05, 3.63) is 52.1 Å². The number of carbonyl (C=O) groups excluding carboxylic acids is 2. The largest absolute Gasteiger partial charge is 0.481 e. The smallest absolute Gasteiger partial charge is 0.326 e. The first-order valence-electron chi connectivity index (χ1n) is 13.9. The number of nitrogens with one attached hydrogen (secondary N) is 4. The summed E-state index contributed by atoms with van der Waals surface area (Å²) in [7, 11) is 0. The van der Waals surface area contributed by atoms with Crippen molar-refractivity contribution in [2.24, 2.45) is 5.41 Å². The predicted octanol–water partition coefficient (Wildman–Crippen LogP) is -1.09. The number of carbonyl (C=O) groups is 5. The number of H-pyrrole nitrogens is 1. The summed E-state index contributed by atoms with van der Waals surface area (Å²) < 4.78 is 0. The number of aromatic amines is 1. The van der Waals surface area contributed by atoms with Crippen LogP contribution in [0, 0.1) is 5.41 Å². The molecule has 1 aromatic carbocycles. The molecule has 0 fully saturated rings. The van der Waals surface area contributed by atoms with E-state index in [9.17, 15) is 33.9 Å². The van der Waals surface area contributed by atoms with Crippen LogP contribution in [0.4, 0.5) is 11.6 Å². The van der Waals surface area contributed by atoms with E-state index >= 15 is 0 Å². The Hall–Kier alpha value is -5.69. The topological polar surface area (TPSA) is 320 Å². The van der Waals surface area contributed by atoms with Crippen LogP contribution in [0.1, 0.15) is 49.2 Å². The molecule has 0 saturated carbocycles. The zero-order chi connectivity index (χ0) is 35.3. The van der Waals surface area contributed by atoms with E-state index in [2.05, 4.69) is 35.9 Å². The lowest BCUT2D eigenvalue weighted by atomic mass is 9.87. The molecule has 19 nitrogen and oxygen atoms in total. The maximum absolute atomic E-state index is 12.3. The second-order valence-corrected chi connectivity index (χ2v) is 10.7. The molecule has 2 atom stereocenters. The first-order valence-corrected chi connectivity index (χ1v) is 13.9. The zero-order valence-electron chi connectivity index (χ0n) is 25.4. The summed E-state index contributed by atoms with van der Waals surface area (Å²) in [5, 5.41) is 52.2. The molecule has 0 unspecified atom stereocenters. The molecule has 0 aliphatic heterocycles. The van der Waals surface area contributed by atoms with Crippen LogP contribution in [0.2, 0.25) is 0 Å². The third-order valence-electron chi connectivity index (χ3n) is 6.40. The maximum Gasteiger partial charge on any atom is 0.326 e. The second-order valence-electron chi connectivity index (χ2n) is 10.7. The fourth-order valence-corrected chi connectivity index (χ4v) is 3.59. The van der Waals surface area contributed by atoms with Gasteiger partial charge in [-0.1, -0.05) is 13.8 Å². The first-order chi connectivity index (χ1) is 22.0. The highest BCUT2D eigenvalue weighted by molar-refractivity contribution is 5.97. The van der Waals surface area contributed by atoms with E-state index in [-0.39, 0.29) is 61.6 Å². The molecular formula is C28H36N8O11. The molecule has 3 rings (SSSR count). The summed E-state index contributed by atoms with van der Waals surface area (Å²) in [6.07, 6.45) is -0.689. The Morgan fingerprint density at radius 3 is 2.21 bits per heavy atom. The van der Waals surface area contributed by atoms with Gasteiger partial charge in [-0.05, 0) is 30.7 Å². The maximum atomic E-state index is 12.3. The van der Waals surface area contributed by atoms with Gasteiger partial charge in [0, 0.05) is 29.6 Å². The molecule has 2 heterocycles. The molecule has 254 valence electrons. The van der Waals surface area contributed by atoms with Crippen molar-refractivity contribution in [1.29, 1.82) is 0 Å². The molecule has 47 heavy (non-hydrogen) atoms. The van der Waals surface area contributed by atoms with Gasteiger partial charge in [-0.3, -0.25) is 24.0 Å². The van der Waals surface area contributed by atoms with Crippen LogP contribution < -0.4 is 27.2 Å². The molecule has 19 heteroatoms. The number of hydrogen-bond donors (Lipinski definition) is 10. The van der Waals surface area contributed by atoms with Crippen molar-refractivity contribution in [3.63, 3.8) is 0 Å². The van der Waals surface area contributed by atoms with E-state index < -0.39 is 52.8 Å². The van der Waals surface area contributed by atoms with Gasteiger partial charge in [0.1, 0.15) is 12.1 Å². The Morgan fingerprint density at radius 2 is 1.64 bits per heavy atom. The van der Waals surface area contributed by atoms with E-state index in [1.54, 1.807) is 12.1 Å². The van der Waals surface area contributed by atoms with Crippen LogP contribution in [0.3, 0.4) is 0 Å². The number of nitrogens with zero attached hydrogens (tertiary/aromatic N) is 3. The third kappa shape index (κ3) is 12.0. The molecule has 11 N–H and O–H groups in total. The monoisotopic (exact) mass is 660 g/mol. The van der Waals surface area contributed by atoms with Crippen molar-refractivity contribution < 1.29 is 49.5 Å². The number of carboxylic acids is 3. The molecule has 0 saturated heterocycles. The number of nitrogens with two attached hydrogens (primary N) is 1. The first kappa shape index (κ1) is 37.5. The number of carboxylic acid groups (broad SMARTS) is 3. The van der Waals surface area contributed by atoms with Crippen molar-refractivity contribution in [2.45, 2.75) is 51.8 Å². The fourth-order valence-electron chi connectivity index (χ4n) is 3.59. The Balaban J connectivity index is 0.000000433. The molecular weight excluding hydrogens is 624 g/mol. The number of aliphatic hydroxyl groups is 2.